The number of aliphatic carboxylic acids is 1. The van der Waals surface area contributed by atoms with Crippen molar-refractivity contribution in [2.75, 3.05) is 6.26 Å². The molecular formula is C12H16O4S. The lowest BCUT2D eigenvalue weighted by atomic mass is 10.0. The molecule has 1 aromatic carbocycles. The fourth-order valence-corrected chi connectivity index (χ4v) is 2.63. The van der Waals surface area contributed by atoms with Gasteiger partial charge in [0.25, 0.3) is 0 Å². The Morgan fingerprint density at radius 2 is 2.00 bits per heavy atom. The van der Waals surface area contributed by atoms with Crippen LogP contribution in [0.3, 0.4) is 0 Å². The van der Waals surface area contributed by atoms with Crippen LogP contribution in [0.1, 0.15) is 18.1 Å². The fourth-order valence-electron chi connectivity index (χ4n) is 1.61. The van der Waals surface area contributed by atoms with E-state index >= 15 is 0 Å². The van der Waals surface area contributed by atoms with Gasteiger partial charge in [-0.2, -0.15) is 0 Å². The van der Waals surface area contributed by atoms with E-state index in [2.05, 4.69) is 0 Å². The van der Waals surface area contributed by atoms with E-state index in [1.54, 1.807) is 32.0 Å². The van der Waals surface area contributed by atoms with Crippen LogP contribution in [0, 0.1) is 12.8 Å². The number of hydrogen-bond donors (Lipinski definition) is 1. The summed E-state index contributed by atoms with van der Waals surface area (Å²) >= 11 is 0. The molecule has 0 aromatic heterocycles. The normalized spacial score (nSPS) is 13.4. The van der Waals surface area contributed by atoms with Crippen molar-refractivity contribution in [1.82, 2.24) is 0 Å². The molecule has 0 radical (unpaired) electrons. The number of hydrogen-bond acceptors (Lipinski definition) is 3. The van der Waals surface area contributed by atoms with Crippen molar-refractivity contribution < 1.29 is 18.3 Å². The van der Waals surface area contributed by atoms with Gasteiger partial charge in [0, 0.05) is 6.26 Å². The lowest BCUT2D eigenvalue weighted by Gasteiger charge is -2.09. The van der Waals surface area contributed by atoms with Crippen molar-refractivity contribution in [2.24, 2.45) is 5.92 Å². The van der Waals surface area contributed by atoms with Crippen LogP contribution in [0.25, 0.3) is 0 Å². The molecule has 0 saturated heterocycles. The maximum atomic E-state index is 11.5. The van der Waals surface area contributed by atoms with E-state index in [-0.39, 0.29) is 4.90 Å². The number of carboxylic acid groups (broad SMARTS) is 1. The number of carboxylic acids is 1. The molecule has 0 saturated carbocycles. The largest absolute Gasteiger partial charge is 0.481 e. The zero-order chi connectivity index (χ0) is 13.2. The number of sulfone groups is 1. The summed E-state index contributed by atoms with van der Waals surface area (Å²) in [4.78, 5) is 11.0. The Balaban J connectivity index is 3.10. The summed E-state index contributed by atoms with van der Waals surface area (Å²) < 4.78 is 23.0. The van der Waals surface area contributed by atoms with Gasteiger partial charge < -0.3 is 5.11 Å². The number of carbonyl (C=O) groups is 1. The van der Waals surface area contributed by atoms with Gasteiger partial charge in [0.05, 0.1) is 10.8 Å². The van der Waals surface area contributed by atoms with E-state index in [4.69, 9.17) is 5.11 Å². The first-order valence-electron chi connectivity index (χ1n) is 5.24. The van der Waals surface area contributed by atoms with Crippen molar-refractivity contribution in [3.05, 3.63) is 29.3 Å². The Morgan fingerprint density at radius 1 is 1.41 bits per heavy atom. The monoisotopic (exact) mass is 256 g/mol. The van der Waals surface area contributed by atoms with Gasteiger partial charge in [0.15, 0.2) is 9.84 Å². The highest BCUT2D eigenvalue weighted by Crippen LogP contribution is 2.19. The van der Waals surface area contributed by atoms with Gasteiger partial charge in [-0.05, 0) is 30.5 Å². The van der Waals surface area contributed by atoms with Crippen LogP contribution in [-0.4, -0.2) is 25.7 Å². The second-order valence-corrected chi connectivity index (χ2v) is 6.30. The van der Waals surface area contributed by atoms with Crippen LogP contribution in [0.4, 0.5) is 0 Å². The molecule has 1 rings (SSSR count). The summed E-state index contributed by atoms with van der Waals surface area (Å²) in [5.74, 6) is -1.41. The minimum atomic E-state index is -3.26. The molecule has 1 unspecified atom stereocenters. The molecule has 1 atom stereocenters. The molecule has 4 nitrogen and oxygen atoms in total. The third kappa shape index (κ3) is 3.56. The molecule has 0 fully saturated rings. The van der Waals surface area contributed by atoms with Gasteiger partial charge in [-0.15, -0.1) is 0 Å². The summed E-state index contributed by atoms with van der Waals surface area (Å²) in [5, 5.41) is 8.81. The van der Waals surface area contributed by atoms with Crippen LogP contribution < -0.4 is 0 Å². The molecule has 0 aliphatic rings. The van der Waals surface area contributed by atoms with Crippen molar-refractivity contribution in [1.29, 1.82) is 0 Å². The van der Waals surface area contributed by atoms with Crippen molar-refractivity contribution in [3.8, 4) is 0 Å². The molecule has 94 valence electrons. The van der Waals surface area contributed by atoms with E-state index in [1.807, 2.05) is 0 Å². The van der Waals surface area contributed by atoms with E-state index in [9.17, 15) is 13.2 Å². The zero-order valence-electron chi connectivity index (χ0n) is 10.1. The van der Waals surface area contributed by atoms with Crippen molar-refractivity contribution in [2.45, 2.75) is 25.2 Å². The third-order valence-electron chi connectivity index (χ3n) is 2.62. The lowest BCUT2D eigenvalue weighted by molar-refractivity contribution is -0.141. The highest BCUT2D eigenvalue weighted by atomic mass is 32.2. The standard InChI is InChI=1S/C12H16O4S/c1-8-4-5-10(6-9(2)12(13)14)7-11(8)17(3,15)16/h4-5,7,9H,6H2,1-3H3,(H,13,14). The molecular weight excluding hydrogens is 240 g/mol. The first-order valence-corrected chi connectivity index (χ1v) is 7.13. The molecule has 1 N–H and O–H groups in total. The Hall–Kier alpha value is -1.36. The summed E-state index contributed by atoms with van der Waals surface area (Å²) in [6.45, 7) is 3.32. The van der Waals surface area contributed by atoms with Crippen molar-refractivity contribution >= 4 is 15.8 Å². The average molecular weight is 256 g/mol. The third-order valence-corrected chi connectivity index (χ3v) is 3.85. The average Bonchev–Trinajstić information content (AvgIpc) is 2.19. The van der Waals surface area contributed by atoms with Crippen LogP contribution in [-0.2, 0) is 21.1 Å². The molecule has 0 heterocycles. The highest BCUT2D eigenvalue weighted by molar-refractivity contribution is 7.90. The lowest BCUT2D eigenvalue weighted by Crippen LogP contribution is -2.12. The van der Waals surface area contributed by atoms with Crippen LogP contribution in [0.15, 0.2) is 23.1 Å². The van der Waals surface area contributed by atoms with Crippen LogP contribution >= 0.6 is 0 Å². The summed E-state index contributed by atoms with van der Waals surface area (Å²) in [7, 11) is -3.26. The maximum Gasteiger partial charge on any atom is 0.306 e. The maximum absolute atomic E-state index is 11.5. The van der Waals surface area contributed by atoms with Gasteiger partial charge in [0.2, 0.25) is 0 Å². The number of rotatable bonds is 4. The summed E-state index contributed by atoms with van der Waals surface area (Å²) in [6, 6.07) is 5.04. The smallest absolute Gasteiger partial charge is 0.306 e. The Kier molecular flexibility index (Phi) is 3.93. The molecule has 0 aliphatic heterocycles. The van der Waals surface area contributed by atoms with Gasteiger partial charge in [-0.1, -0.05) is 19.1 Å². The zero-order valence-corrected chi connectivity index (χ0v) is 10.9. The molecule has 1 aromatic rings. The molecule has 0 spiro atoms. The van der Waals surface area contributed by atoms with E-state index in [0.29, 0.717) is 12.0 Å². The van der Waals surface area contributed by atoms with Gasteiger partial charge in [-0.25, -0.2) is 8.42 Å². The topological polar surface area (TPSA) is 71.4 Å². The number of aryl methyl sites for hydroxylation is 1. The van der Waals surface area contributed by atoms with E-state index < -0.39 is 21.7 Å². The summed E-state index contributed by atoms with van der Waals surface area (Å²) in [6.07, 6.45) is 1.48. The SMILES string of the molecule is Cc1ccc(CC(C)C(=O)O)cc1S(C)(=O)=O. The minimum Gasteiger partial charge on any atom is -0.481 e. The van der Waals surface area contributed by atoms with Gasteiger partial charge >= 0.3 is 5.97 Å². The quantitative estimate of drug-likeness (QED) is 0.889. The van der Waals surface area contributed by atoms with Gasteiger partial charge in [-0.3, -0.25) is 4.79 Å². The van der Waals surface area contributed by atoms with E-state index in [0.717, 1.165) is 11.8 Å². The molecule has 5 heteroatoms. The predicted molar refractivity (Wildman–Crippen MR) is 64.8 cm³/mol. The molecule has 0 amide bonds. The van der Waals surface area contributed by atoms with E-state index in [1.165, 1.54) is 0 Å². The highest BCUT2D eigenvalue weighted by Gasteiger charge is 2.15. The Morgan fingerprint density at radius 3 is 2.47 bits per heavy atom. The van der Waals surface area contributed by atoms with Crippen LogP contribution in [0.2, 0.25) is 0 Å². The molecule has 0 aliphatic carbocycles. The van der Waals surface area contributed by atoms with Crippen LogP contribution in [0.5, 0.6) is 0 Å². The van der Waals surface area contributed by atoms with Gasteiger partial charge in [0.1, 0.15) is 0 Å². The van der Waals surface area contributed by atoms with Crippen molar-refractivity contribution in [3.63, 3.8) is 0 Å². The molecule has 0 bridgehead atoms. The minimum absolute atomic E-state index is 0.271. The first-order chi connectivity index (χ1) is 7.71. The second-order valence-electron chi connectivity index (χ2n) is 4.32. The molecule has 17 heavy (non-hydrogen) atoms. The summed E-state index contributed by atoms with van der Waals surface area (Å²) in [5.41, 5.74) is 1.41. The second kappa shape index (κ2) is 4.87. The predicted octanol–water partition coefficient (Wildman–Crippen LogP) is 1.66. The Labute approximate surface area is 101 Å². The first kappa shape index (κ1) is 13.7. The fraction of sp³-hybridized carbons (Fsp3) is 0.417. The number of benzene rings is 1. The Bertz CT molecular complexity index is 531.